The third-order valence-electron chi connectivity index (χ3n) is 3.02. The van der Waals surface area contributed by atoms with E-state index in [4.69, 9.17) is 10.3 Å². The summed E-state index contributed by atoms with van der Waals surface area (Å²) in [6.07, 6.45) is 0.962. The summed E-state index contributed by atoms with van der Waals surface area (Å²) in [4.78, 5) is 15.0. The molecule has 1 aliphatic heterocycles. The average Bonchev–Trinajstić information content (AvgIpc) is 2.87. The SMILES string of the molecule is NC(=O)c1noc(C2NCCc3ccccc32)n1. The van der Waals surface area contributed by atoms with E-state index in [1.807, 2.05) is 18.2 Å². The lowest BCUT2D eigenvalue weighted by atomic mass is 9.94. The van der Waals surface area contributed by atoms with Crippen molar-refractivity contribution in [3.63, 3.8) is 0 Å². The highest BCUT2D eigenvalue weighted by Gasteiger charge is 2.26. The van der Waals surface area contributed by atoms with E-state index in [0.29, 0.717) is 5.89 Å². The summed E-state index contributed by atoms with van der Waals surface area (Å²) in [5.41, 5.74) is 7.46. The van der Waals surface area contributed by atoms with Crippen LogP contribution in [0.5, 0.6) is 0 Å². The molecule has 0 fully saturated rings. The topological polar surface area (TPSA) is 94.0 Å². The minimum absolute atomic E-state index is 0.0881. The number of benzene rings is 1. The van der Waals surface area contributed by atoms with Gasteiger partial charge in [0, 0.05) is 6.54 Å². The molecule has 1 aromatic carbocycles. The van der Waals surface area contributed by atoms with Crippen LogP contribution in [0.25, 0.3) is 0 Å². The fourth-order valence-corrected chi connectivity index (χ4v) is 2.18. The second-order valence-corrected chi connectivity index (χ2v) is 4.16. The minimum atomic E-state index is -0.686. The zero-order valence-electron chi connectivity index (χ0n) is 9.59. The molecule has 0 bridgehead atoms. The molecule has 6 heteroatoms. The molecule has 1 atom stereocenters. The van der Waals surface area contributed by atoms with Gasteiger partial charge in [0.2, 0.25) is 5.89 Å². The fraction of sp³-hybridized carbons (Fsp3) is 0.250. The molecule has 6 nitrogen and oxygen atoms in total. The van der Waals surface area contributed by atoms with Crippen LogP contribution in [0.3, 0.4) is 0 Å². The van der Waals surface area contributed by atoms with Crippen molar-refractivity contribution in [2.75, 3.05) is 6.54 Å². The molecule has 3 N–H and O–H groups in total. The molecule has 1 unspecified atom stereocenters. The third-order valence-corrected chi connectivity index (χ3v) is 3.02. The molecule has 2 aromatic rings. The maximum absolute atomic E-state index is 11.0. The van der Waals surface area contributed by atoms with Crippen LogP contribution in [0.2, 0.25) is 0 Å². The highest BCUT2D eigenvalue weighted by atomic mass is 16.5. The van der Waals surface area contributed by atoms with E-state index in [-0.39, 0.29) is 11.9 Å². The highest BCUT2D eigenvalue weighted by molar-refractivity contribution is 5.88. The van der Waals surface area contributed by atoms with Crippen LogP contribution in [0.1, 0.15) is 33.7 Å². The van der Waals surface area contributed by atoms with E-state index in [9.17, 15) is 4.79 Å². The molecule has 0 spiro atoms. The monoisotopic (exact) mass is 244 g/mol. The number of carbonyl (C=O) groups is 1. The number of aromatic nitrogens is 2. The van der Waals surface area contributed by atoms with E-state index in [2.05, 4.69) is 21.5 Å². The molecule has 0 saturated heterocycles. The largest absolute Gasteiger partial charge is 0.363 e. The number of rotatable bonds is 2. The molecule has 0 aliphatic carbocycles. The Hall–Kier alpha value is -2.21. The van der Waals surface area contributed by atoms with E-state index in [1.54, 1.807) is 0 Å². The second-order valence-electron chi connectivity index (χ2n) is 4.16. The van der Waals surface area contributed by atoms with E-state index < -0.39 is 5.91 Å². The Morgan fingerprint density at radius 2 is 2.28 bits per heavy atom. The lowest BCUT2D eigenvalue weighted by molar-refractivity contribution is 0.0987. The van der Waals surface area contributed by atoms with Gasteiger partial charge in [-0.1, -0.05) is 29.4 Å². The van der Waals surface area contributed by atoms with Crippen LogP contribution >= 0.6 is 0 Å². The van der Waals surface area contributed by atoms with Crippen molar-refractivity contribution < 1.29 is 9.32 Å². The molecule has 1 amide bonds. The summed E-state index contributed by atoms with van der Waals surface area (Å²) in [7, 11) is 0. The number of hydrogen-bond donors (Lipinski definition) is 2. The Bertz CT molecular complexity index is 593. The van der Waals surface area contributed by atoms with Gasteiger partial charge in [0.15, 0.2) is 0 Å². The van der Waals surface area contributed by atoms with Crippen molar-refractivity contribution in [1.82, 2.24) is 15.5 Å². The van der Waals surface area contributed by atoms with E-state index in [0.717, 1.165) is 18.5 Å². The second kappa shape index (κ2) is 4.23. The van der Waals surface area contributed by atoms with E-state index in [1.165, 1.54) is 5.56 Å². The summed E-state index contributed by atoms with van der Waals surface area (Å²) in [5, 5.41) is 6.86. The standard InChI is InChI=1S/C12H12N4O2/c13-10(17)11-15-12(18-16-11)9-8-4-2-1-3-7(8)5-6-14-9/h1-4,9,14H,5-6H2,(H2,13,17). The average molecular weight is 244 g/mol. The van der Waals surface area contributed by atoms with Crippen LogP contribution in [-0.2, 0) is 6.42 Å². The maximum atomic E-state index is 11.0. The number of nitrogens with two attached hydrogens (primary N) is 1. The summed E-state index contributed by atoms with van der Waals surface area (Å²) in [5.74, 6) is -0.403. The fourth-order valence-electron chi connectivity index (χ4n) is 2.18. The first-order valence-corrected chi connectivity index (χ1v) is 5.70. The van der Waals surface area contributed by atoms with Crippen molar-refractivity contribution in [3.05, 3.63) is 47.1 Å². The van der Waals surface area contributed by atoms with Crippen LogP contribution in [-0.4, -0.2) is 22.6 Å². The van der Waals surface area contributed by atoms with Gasteiger partial charge in [-0.2, -0.15) is 4.98 Å². The third kappa shape index (κ3) is 1.76. The predicted molar refractivity (Wildman–Crippen MR) is 62.8 cm³/mol. The van der Waals surface area contributed by atoms with Gasteiger partial charge < -0.3 is 15.6 Å². The molecule has 2 heterocycles. The van der Waals surface area contributed by atoms with Crippen LogP contribution in [0.4, 0.5) is 0 Å². The molecule has 3 rings (SSSR count). The van der Waals surface area contributed by atoms with Gasteiger partial charge in [-0.15, -0.1) is 0 Å². The Balaban J connectivity index is 2.00. The van der Waals surface area contributed by atoms with Gasteiger partial charge in [0.1, 0.15) is 6.04 Å². The van der Waals surface area contributed by atoms with Gasteiger partial charge >= 0.3 is 0 Å². The predicted octanol–water partition coefficient (Wildman–Crippen LogP) is 0.404. The molecule has 18 heavy (non-hydrogen) atoms. The summed E-state index contributed by atoms with van der Waals surface area (Å²) >= 11 is 0. The van der Waals surface area contributed by atoms with Crippen molar-refractivity contribution >= 4 is 5.91 Å². The lowest BCUT2D eigenvalue weighted by Crippen LogP contribution is -2.30. The Kier molecular flexibility index (Phi) is 2.56. The number of amides is 1. The first-order chi connectivity index (χ1) is 8.75. The minimum Gasteiger partial charge on any atom is -0.363 e. The molecule has 0 saturated carbocycles. The number of nitrogens with one attached hydrogen (secondary N) is 1. The maximum Gasteiger partial charge on any atom is 0.290 e. The van der Waals surface area contributed by atoms with Crippen molar-refractivity contribution in [1.29, 1.82) is 0 Å². The van der Waals surface area contributed by atoms with Gasteiger partial charge in [0.25, 0.3) is 11.7 Å². The summed E-state index contributed by atoms with van der Waals surface area (Å²) in [6, 6.07) is 7.89. The summed E-state index contributed by atoms with van der Waals surface area (Å²) < 4.78 is 5.10. The Labute approximate surface area is 103 Å². The molecular formula is C12H12N4O2. The first kappa shape index (κ1) is 10.9. The number of carbonyl (C=O) groups excluding carboxylic acids is 1. The van der Waals surface area contributed by atoms with Crippen molar-refractivity contribution in [2.24, 2.45) is 5.73 Å². The number of hydrogen-bond acceptors (Lipinski definition) is 5. The van der Waals surface area contributed by atoms with E-state index >= 15 is 0 Å². The quantitative estimate of drug-likeness (QED) is 0.797. The molecular weight excluding hydrogens is 232 g/mol. The van der Waals surface area contributed by atoms with Crippen molar-refractivity contribution in [3.8, 4) is 0 Å². The highest BCUT2D eigenvalue weighted by Crippen LogP contribution is 2.27. The molecule has 0 radical (unpaired) electrons. The number of nitrogens with zero attached hydrogens (tertiary/aromatic N) is 2. The smallest absolute Gasteiger partial charge is 0.290 e. The van der Waals surface area contributed by atoms with Gasteiger partial charge in [-0.25, -0.2) is 0 Å². The zero-order valence-corrected chi connectivity index (χ0v) is 9.59. The Morgan fingerprint density at radius 1 is 1.44 bits per heavy atom. The molecule has 1 aliphatic rings. The van der Waals surface area contributed by atoms with Gasteiger partial charge in [-0.05, 0) is 17.5 Å². The molecule has 1 aromatic heterocycles. The van der Waals surface area contributed by atoms with Crippen LogP contribution in [0, 0.1) is 0 Å². The first-order valence-electron chi connectivity index (χ1n) is 5.70. The molecule has 92 valence electrons. The Morgan fingerprint density at radius 3 is 3.06 bits per heavy atom. The van der Waals surface area contributed by atoms with Gasteiger partial charge in [0.05, 0.1) is 0 Å². The van der Waals surface area contributed by atoms with Crippen LogP contribution < -0.4 is 11.1 Å². The number of primary amides is 1. The number of fused-ring (bicyclic) bond motifs is 1. The lowest BCUT2D eigenvalue weighted by Gasteiger charge is -2.23. The van der Waals surface area contributed by atoms with Crippen molar-refractivity contribution in [2.45, 2.75) is 12.5 Å². The zero-order chi connectivity index (χ0) is 12.5. The normalized spacial score (nSPS) is 18.3. The van der Waals surface area contributed by atoms with Gasteiger partial charge in [-0.3, -0.25) is 4.79 Å². The summed E-state index contributed by atoms with van der Waals surface area (Å²) in [6.45, 7) is 0.829. The van der Waals surface area contributed by atoms with Crippen LogP contribution in [0.15, 0.2) is 28.8 Å².